The third-order valence-corrected chi connectivity index (χ3v) is 7.99. The molecule has 0 amide bonds. The lowest BCUT2D eigenvalue weighted by atomic mass is 9.84. The quantitative estimate of drug-likeness (QED) is 0.465. The van der Waals surface area contributed by atoms with E-state index in [2.05, 4.69) is 19.6 Å². The molecule has 4 rings (SSSR count). The van der Waals surface area contributed by atoms with Gasteiger partial charge in [-0.3, -0.25) is 4.99 Å². The Hall–Kier alpha value is -1.99. The number of hydrogen-bond acceptors (Lipinski definition) is 7. The molecule has 190 valence electrons. The van der Waals surface area contributed by atoms with Gasteiger partial charge in [0.2, 0.25) is 10.0 Å². The summed E-state index contributed by atoms with van der Waals surface area (Å²) in [6.45, 7) is 4.46. The standard InChI is InChI=1S/C21H30F3N5O4S/c1-14-12-28(7-8-33-14)20-17-13-29(30)19(26-18(17)11-25-20)10-15-2-4-16(5-3-15)27-34(31,32)9-6-21(22,23)24/h13-16,27H,2-12H2,1H3/t14-,15?,16?/m0/s1. The molecule has 1 N–H and O–H groups in total. The number of fused-ring (bicyclic) bond motifs is 1. The summed E-state index contributed by atoms with van der Waals surface area (Å²) in [5.41, 5.74) is 1.53. The van der Waals surface area contributed by atoms with Crippen LogP contribution in [0.2, 0.25) is 0 Å². The van der Waals surface area contributed by atoms with Crippen LogP contribution in [0.3, 0.4) is 0 Å². The second kappa shape index (κ2) is 9.94. The minimum atomic E-state index is -4.50. The topological polar surface area (TPSA) is 111 Å². The average molecular weight is 506 g/mol. The molecule has 0 unspecified atom stereocenters. The Kier molecular flexibility index (Phi) is 7.34. The smallest absolute Gasteiger partial charge is 0.390 e. The van der Waals surface area contributed by atoms with Crippen molar-refractivity contribution in [3.63, 3.8) is 0 Å². The number of amidine groups is 1. The van der Waals surface area contributed by atoms with Crippen molar-refractivity contribution in [2.75, 3.05) is 25.4 Å². The average Bonchev–Trinajstić information content (AvgIpc) is 3.16. The van der Waals surface area contributed by atoms with E-state index < -0.39 is 28.4 Å². The van der Waals surface area contributed by atoms with Gasteiger partial charge in [0.15, 0.2) is 5.69 Å². The van der Waals surface area contributed by atoms with Gasteiger partial charge in [-0.2, -0.15) is 13.2 Å². The zero-order valence-electron chi connectivity index (χ0n) is 19.1. The summed E-state index contributed by atoms with van der Waals surface area (Å²) in [6, 6.07) is -0.381. The normalized spacial score (nSPS) is 25.8. The summed E-state index contributed by atoms with van der Waals surface area (Å²) in [4.78, 5) is 11.3. The summed E-state index contributed by atoms with van der Waals surface area (Å²) in [5.74, 6) is 0.398. The van der Waals surface area contributed by atoms with Gasteiger partial charge in [0.25, 0.3) is 0 Å². The Morgan fingerprint density at radius 2 is 2.03 bits per heavy atom. The molecule has 1 aromatic heterocycles. The van der Waals surface area contributed by atoms with Crippen LogP contribution in [0.15, 0.2) is 11.2 Å². The van der Waals surface area contributed by atoms with Crippen LogP contribution in [-0.4, -0.2) is 67.9 Å². The molecule has 2 fully saturated rings. The molecule has 3 heterocycles. The molecule has 0 aromatic carbocycles. The summed E-state index contributed by atoms with van der Waals surface area (Å²) in [6.07, 6.45) is -1.40. The highest BCUT2D eigenvalue weighted by Crippen LogP contribution is 2.28. The largest absolute Gasteiger partial charge is 0.711 e. The van der Waals surface area contributed by atoms with Crippen LogP contribution >= 0.6 is 0 Å². The second-order valence-electron chi connectivity index (χ2n) is 9.33. The van der Waals surface area contributed by atoms with Crippen LogP contribution in [0.25, 0.3) is 0 Å². The van der Waals surface area contributed by atoms with E-state index in [0.29, 0.717) is 64.2 Å². The maximum absolute atomic E-state index is 12.7. The Morgan fingerprint density at radius 3 is 2.71 bits per heavy atom. The van der Waals surface area contributed by atoms with Crippen molar-refractivity contribution in [1.29, 1.82) is 0 Å². The Bertz CT molecular complexity index is 1030. The number of hydrogen-bond donors (Lipinski definition) is 1. The molecule has 34 heavy (non-hydrogen) atoms. The minimum absolute atomic E-state index is 0.0938. The number of alkyl halides is 3. The first-order valence-corrected chi connectivity index (χ1v) is 13.2. The number of rotatable bonds is 6. The van der Waals surface area contributed by atoms with Gasteiger partial charge in [-0.25, -0.2) is 17.9 Å². The third kappa shape index (κ3) is 6.36. The highest BCUT2D eigenvalue weighted by atomic mass is 32.2. The van der Waals surface area contributed by atoms with Crippen molar-refractivity contribution in [3.05, 3.63) is 28.5 Å². The molecule has 1 aliphatic carbocycles. The van der Waals surface area contributed by atoms with E-state index in [1.807, 2.05) is 6.92 Å². The number of sulfonamides is 1. The first-order chi connectivity index (χ1) is 16.0. The fourth-order valence-electron chi connectivity index (χ4n) is 4.80. The number of nitrogens with zero attached hydrogens (tertiary/aromatic N) is 4. The van der Waals surface area contributed by atoms with Gasteiger partial charge < -0.3 is 14.8 Å². The maximum atomic E-state index is 12.7. The molecule has 1 atom stereocenters. The molecule has 3 aliphatic rings. The van der Waals surface area contributed by atoms with Crippen molar-refractivity contribution in [3.8, 4) is 0 Å². The third-order valence-electron chi connectivity index (χ3n) is 6.55. The Labute approximate surface area is 197 Å². The Morgan fingerprint density at radius 1 is 1.29 bits per heavy atom. The van der Waals surface area contributed by atoms with E-state index in [9.17, 15) is 26.8 Å². The van der Waals surface area contributed by atoms with Gasteiger partial charge in [-0.15, -0.1) is 0 Å². The summed E-state index contributed by atoms with van der Waals surface area (Å²) >= 11 is 0. The first-order valence-electron chi connectivity index (χ1n) is 11.6. The number of nitrogens with one attached hydrogen (secondary N) is 1. The van der Waals surface area contributed by atoms with Gasteiger partial charge in [0, 0.05) is 19.1 Å². The molecule has 0 radical (unpaired) electrons. The number of aliphatic imine (C=N–C) groups is 1. The first kappa shape index (κ1) is 25.1. The molecule has 13 heteroatoms. The van der Waals surface area contributed by atoms with E-state index in [1.54, 1.807) is 6.20 Å². The van der Waals surface area contributed by atoms with Crippen LogP contribution in [0.4, 0.5) is 13.2 Å². The summed E-state index contributed by atoms with van der Waals surface area (Å²) in [7, 11) is -3.98. The number of aromatic nitrogens is 2. The predicted octanol–water partition coefficient (Wildman–Crippen LogP) is 1.67. The second-order valence-corrected chi connectivity index (χ2v) is 11.2. The lowest BCUT2D eigenvalue weighted by Crippen LogP contribution is -2.45. The predicted molar refractivity (Wildman–Crippen MR) is 117 cm³/mol. The lowest BCUT2D eigenvalue weighted by molar-refractivity contribution is -0.618. The number of morpholine rings is 1. The SMILES string of the molecule is C[C@H]1CN(C2=NCc3nc(CC4CCC(NS(=O)(=O)CCC(F)(F)F)CC4)[n+]([O-])cc32)CCO1. The maximum Gasteiger partial charge on any atom is 0.390 e. The van der Waals surface area contributed by atoms with Crippen LogP contribution < -0.4 is 9.45 Å². The lowest BCUT2D eigenvalue weighted by Gasteiger charge is -2.32. The summed E-state index contributed by atoms with van der Waals surface area (Å²) in [5, 5.41) is 12.7. The summed E-state index contributed by atoms with van der Waals surface area (Å²) < 4.78 is 69.7. The zero-order valence-corrected chi connectivity index (χ0v) is 19.9. The molecule has 1 saturated carbocycles. The van der Waals surface area contributed by atoms with E-state index in [-0.39, 0.29) is 18.1 Å². The van der Waals surface area contributed by atoms with Crippen molar-refractivity contribution in [2.24, 2.45) is 10.9 Å². The minimum Gasteiger partial charge on any atom is -0.711 e. The fraction of sp³-hybridized carbons (Fsp3) is 0.762. The van der Waals surface area contributed by atoms with Crippen LogP contribution in [0.5, 0.6) is 0 Å². The molecule has 9 nitrogen and oxygen atoms in total. The Balaban J connectivity index is 1.31. The van der Waals surface area contributed by atoms with Gasteiger partial charge in [-0.05, 0) is 43.5 Å². The molecule has 1 saturated heterocycles. The molecular formula is C21H30F3N5O4S. The fourth-order valence-corrected chi connectivity index (χ4v) is 6.16. The molecule has 1 aromatic rings. The van der Waals surface area contributed by atoms with Crippen LogP contribution in [0, 0.1) is 11.1 Å². The molecular weight excluding hydrogens is 475 g/mol. The van der Waals surface area contributed by atoms with Gasteiger partial charge in [0.1, 0.15) is 24.1 Å². The van der Waals surface area contributed by atoms with Crippen LogP contribution in [-0.2, 0) is 27.7 Å². The van der Waals surface area contributed by atoms with Crippen molar-refractivity contribution >= 4 is 15.9 Å². The number of halogens is 3. The van der Waals surface area contributed by atoms with E-state index in [4.69, 9.17) is 4.74 Å². The molecule has 0 spiro atoms. The van der Waals surface area contributed by atoms with Crippen molar-refractivity contribution in [2.45, 2.75) is 70.3 Å². The molecule has 2 aliphatic heterocycles. The highest BCUT2D eigenvalue weighted by Gasteiger charge is 2.34. The van der Waals surface area contributed by atoms with Crippen molar-refractivity contribution < 1.29 is 31.1 Å². The van der Waals surface area contributed by atoms with Crippen LogP contribution in [0.1, 0.15) is 56.1 Å². The monoisotopic (exact) mass is 505 g/mol. The van der Waals surface area contributed by atoms with E-state index in [0.717, 1.165) is 21.8 Å². The van der Waals surface area contributed by atoms with Gasteiger partial charge in [0.05, 0.1) is 31.3 Å². The van der Waals surface area contributed by atoms with E-state index >= 15 is 0 Å². The van der Waals surface area contributed by atoms with Gasteiger partial charge in [-0.1, -0.05) is 0 Å². The van der Waals surface area contributed by atoms with E-state index in [1.165, 1.54) is 0 Å². The van der Waals surface area contributed by atoms with Gasteiger partial charge >= 0.3 is 12.0 Å². The van der Waals surface area contributed by atoms with Crippen molar-refractivity contribution in [1.82, 2.24) is 14.6 Å². The zero-order chi connectivity index (χ0) is 24.5. The number of ether oxygens (including phenoxy) is 1. The highest BCUT2D eigenvalue weighted by molar-refractivity contribution is 7.89. The molecule has 0 bridgehead atoms.